The van der Waals surface area contributed by atoms with Gasteiger partial charge in [0, 0.05) is 0 Å². The van der Waals surface area contributed by atoms with Crippen LogP contribution in [-0.4, -0.2) is 44.8 Å². The Kier molecular flexibility index (Phi) is 3.67. The molecule has 0 aromatic rings. The summed E-state index contributed by atoms with van der Waals surface area (Å²) in [5, 5.41) is 41.7. The highest BCUT2D eigenvalue weighted by Crippen LogP contribution is 2.66. The molecule has 132 valence electrons. The normalized spacial score (nSPS) is 62.3. The van der Waals surface area contributed by atoms with Gasteiger partial charge in [-0.3, -0.25) is 0 Å². The first kappa shape index (κ1) is 16.3. The molecule has 0 radical (unpaired) electrons. The molecule has 0 aliphatic heterocycles. The minimum Gasteiger partial charge on any atom is -0.393 e. The number of fused-ring (bicyclic) bond motifs is 5. The minimum absolute atomic E-state index is 0.192. The smallest absolute Gasteiger partial charge is 0.0855 e. The van der Waals surface area contributed by atoms with Gasteiger partial charge in [0.15, 0.2) is 0 Å². The van der Waals surface area contributed by atoms with Crippen LogP contribution in [0.2, 0.25) is 0 Å². The van der Waals surface area contributed by atoms with Gasteiger partial charge >= 0.3 is 0 Å². The van der Waals surface area contributed by atoms with Gasteiger partial charge in [0.2, 0.25) is 0 Å². The molecule has 4 heteroatoms. The highest BCUT2D eigenvalue weighted by atomic mass is 16.3. The third kappa shape index (κ3) is 2.11. The van der Waals surface area contributed by atoms with E-state index in [2.05, 4.69) is 13.8 Å². The summed E-state index contributed by atoms with van der Waals surface area (Å²) in [6, 6.07) is 0. The van der Waals surface area contributed by atoms with Crippen molar-refractivity contribution in [2.45, 2.75) is 83.2 Å². The summed E-state index contributed by atoms with van der Waals surface area (Å²) in [7, 11) is 0. The molecule has 23 heavy (non-hydrogen) atoms. The van der Waals surface area contributed by atoms with Crippen molar-refractivity contribution in [1.29, 1.82) is 0 Å². The Labute approximate surface area is 138 Å². The second-order valence-electron chi connectivity index (χ2n) is 9.52. The third-order valence-electron chi connectivity index (χ3n) is 8.63. The lowest BCUT2D eigenvalue weighted by atomic mass is 9.44. The summed E-state index contributed by atoms with van der Waals surface area (Å²) in [4.78, 5) is 0. The van der Waals surface area contributed by atoms with E-state index in [0.29, 0.717) is 18.3 Å². The van der Waals surface area contributed by atoms with Crippen LogP contribution >= 0.6 is 0 Å². The monoisotopic (exact) mass is 324 g/mol. The molecule has 0 heterocycles. The van der Waals surface area contributed by atoms with Gasteiger partial charge in [-0.1, -0.05) is 13.8 Å². The van der Waals surface area contributed by atoms with Crippen molar-refractivity contribution in [1.82, 2.24) is 0 Å². The SMILES string of the molecule is C[C@]12CCC3C(C1C[C@H](O)[C@H]2O)[C@@H](O)C[C@@H]1C[C@@H](O)CC[C@]31C. The Bertz CT molecular complexity index is 482. The molecule has 0 aromatic heterocycles. The largest absolute Gasteiger partial charge is 0.393 e. The van der Waals surface area contributed by atoms with Crippen LogP contribution in [0.1, 0.15) is 58.8 Å². The predicted octanol–water partition coefficient (Wildman–Crippen LogP) is 1.69. The van der Waals surface area contributed by atoms with Gasteiger partial charge in [0.05, 0.1) is 24.4 Å². The van der Waals surface area contributed by atoms with Gasteiger partial charge in [-0.2, -0.15) is 0 Å². The lowest BCUT2D eigenvalue weighted by molar-refractivity contribution is -0.177. The Balaban J connectivity index is 1.68. The molecule has 0 saturated heterocycles. The summed E-state index contributed by atoms with van der Waals surface area (Å²) in [6.45, 7) is 4.48. The van der Waals surface area contributed by atoms with Crippen LogP contribution < -0.4 is 0 Å². The van der Waals surface area contributed by atoms with E-state index in [1.54, 1.807) is 0 Å². The summed E-state index contributed by atoms with van der Waals surface area (Å²) in [6.07, 6.45) is 4.24. The molecule has 4 aliphatic rings. The first-order valence-electron chi connectivity index (χ1n) is 9.49. The van der Waals surface area contributed by atoms with Gasteiger partial charge in [0.25, 0.3) is 0 Å². The molecule has 4 nitrogen and oxygen atoms in total. The van der Waals surface area contributed by atoms with Crippen LogP contribution in [0.5, 0.6) is 0 Å². The fourth-order valence-electron chi connectivity index (χ4n) is 7.19. The Morgan fingerprint density at radius 3 is 2.17 bits per heavy atom. The second kappa shape index (κ2) is 5.17. The Morgan fingerprint density at radius 1 is 0.739 bits per heavy atom. The van der Waals surface area contributed by atoms with Gasteiger partial charge in [-0.25, -0.2) is 0 Å². The van der Waals surface area contributed by atoms with E-state index in [1.165, 1.54) is 0 Å². The molecule has 10 atom stereocenters. The fourth-order valence-corrected chi connectivity index (χ4v) is 7.19. The molecule has 4 fully saturated rings. The van der Waals surface area contributed by atoms with Crippen molar-refractivity contribution in [2.75, 3.05) is 0 Å². The molecular formula is C19H32O4. The standard InChI is InChI=1S/C19H32O4/c1-18-5-3-11(20)7-10(18)8-14(21)16-12(18)4-6-19(2)13(16)9-15(22)17(19)23/h10-17,20-23H,3-9H2,1-2H3/t10-,11-,12?,13?,14-,15-,16?,17+,18-,19-/m0/s1. The zero-order valence-electron chi connectivity index (χ0n) is 14.4. The molecule has 0 spiro atoms. The number of aliphatic hydroxyl groups is 4. The van der Waals surface area contributed by atoms with Crippen LogP contribution in [-0.2, 0) is 0 Å². The van der Waals surface area contributed by atoms with Crippen molar-refractivity contribution in [3.63, 3.8) is 0 Å². The quantitative estimate of drug-likeness (QED) is 0.547. The first-order chi connectivity index (χ1) is 10.8. The average molecular weight is 324 g/mol. The van der Waals surface area contributed by atoms with E-state index in [1.807, 2.05) is 0 Å². The van der Waals surface area contributed by atoms with Crippen molar-refractivity contribution in [3.8, 4) is 0 Å². The van der Waals surface area contributed by atoms with Gasteiger partial charge < -0.3 is 20.4 Å². The summed E-state index contributed by atoms with van der Waals surface area (Å²) in [5.74, 6) is 1.27. The van der Waals surface area contributed by atoms with E-state index in [-0.39, 0.29) is 34.9 Å². The molecule has 4 aliphatic carbocycles. The van der Waals surface area contributed by atoms with Crippen LogP contribution in [0.4, 0.5) is 0 Å². The maximum absolute atomic E-state index is 10.9. The zero-order valence-corrected chi connectivity index (χ0v) is 14.4. The van der Waals surface area contributed by atoms with Crippen LogP contribution in [0.3, 0.4) is 0 Å². The van der Waals surface area contributed by atoms with Crippen LogP contribution in [0.25, 0.3) is 0 Å². The topological polar surface area (TPSA) is 80.9 Å². The van der Waals surface area contributed by atoms with Gasteiger partial charge in [-0.05, 0) is 79.4 Å². The van der Waals surface area contributed by atoms with E-state index in [0.717, 1.165) is 38.5 Å². The zero-order chi connectivity index (χ0) is 16.6. The van der Waals surface area contributed by atoms with Crippen molar-refractivity contribution in [2.24, 2.45) is 34.5 Å². The highest BCUT2D eigenvalue weighted by molar-refractivity contribution is 5.13. The van der Waals surface area contributed by atoms with Crippen LogP contribution in [0.15, 0.2) is 0 Å². The number of rotatable bonds is 0. The van der Waals surface area contributed by atoms with Gasteiger partial charge in [-0.15, -0.1) is 0 Å². The molecule has 0 bridgehead atoms. The Hall–Kier alpha value is -0.160. The lowest BCUT2D eigenvalue weighted by Crippen LogP contribution is -2.58. The average Bonchev–Trinajstić information content (AvgIpc) is 2.73. The van der Waals surface area contributed by atoms with E-state index >= 15 is 0 Å². The molecule has 4 saturated carbocycles. The summed E-state index contributed by atoms with van der Waals surface area (Å²) in [5.41, 5.74) is -0.0537. The van der Waals surface area contributed by atoms with E-state index < -0.39 is 12.2 Å². The highest BCUT2D eigenvalue weighted by Gasteiger charge is 2.64. The number of aliphatic hydroxyl groups excluding tert-OH is 4. The van der Waals surface area contributed by atoms with Crippen LogP contribution in [0, 0.1) is 34.5 Å². The molecule has 4 N–H and O–H groups in total. The maximum atomic E-state index is 10.9. The maximum Gasteiger partial charge on any atom is 0.0855 e. The Morgan fingerprint density at radius 2 is 1.43 bits per heavy atom. The fraction of sp³-hybridized carbons (Fsp3) is 1.00. The third-order valence-corrected chi connectivity index (χ3v) is 8.63. The molecular weight excluding hydrogens is 292 g/mol. The minimum atomic E-state index is -0.653. The summed E-state index contributed by atoms with van der Waals surface area (Å²) >= 11 is 0. The molecule has 0 aromatic carbocycles. The molecule has 0 amide bonds. The van der Waals surface area contributed by atoms with Crippen molar-refractivity contribution < 1.29 is 20.4 Å². The van der Waals surface area contributed by atoms with E-state index in [4.69, 9.17) is 0 Å². The van der Waals surface area contributed by atoms with E-state index in [9.17, 15) is 20.4 Å². The lowest BCUT2D eigenvalue weighted by Gasteiger charge is -2.61. The number of hydrogen-bond donors (Lipinski definition) is 4. The predicted molar refractivity (Wildman–Crippen MR) is 86.5 cm³/mol. The molecule has 3 unspecified atom stereocenters. The van der Waals surface area contributed by atoms with Crippen molar-refractivity contribution >= 4 is 0 Å². The first-order valence-corrected chi connectivity index (χ1v) is 9.49. The van der Waals surface area contributed by atoms with Crippen molar-refractivity contribution in [3.05, 3.63) is 0 Å². The van der Waals surface area contributed by atoms with Gasteiger partial charge in [0.1, 0.15) is 0 Å². The summed E-state index contributed by atoms with van der Waals surface area (Å²) < 4.78 is 0. The number of hydrogen-bond acceptors (Lipinski definition) is 4. The second-order valence-corrected chi connectivity index (χ2v) is 9.52. The molecule has 4 rings (SSSR count).